The van der Waals surface area contributed by atoms with Crippen LogP contribution in [0.2, 0.25) is 5.02 Å². The van der Waals surface area contributed by atoms with E-state index in [1.54, 1.807) is 29.0 Å². The average molecular weight is 296 g/mol. The molecule has 4 rings (SSSR count). The Morgan fingerprint density at radius 3 is 2.60 bits per heavy atom. The SMILES string of the molecule is O=c1c2cc(Cl)ccc2ccn1C1CC2(C1)CC2(F)F. The second kappa shape index (κ2) is 3.61. The van der Waals surface area contributed by atoms with Crippen molar-refractivity contribution in [1.29, 1.82) is 0 Å². The molecular formula is C15H12ClF2NO. The second-order valence-electron chi connectivity index (χ2n) is 5.98. The summed E-state index contributed by atoms with van der Waals surface area (Å²) in [4.78, 5) is 12.4. The molecule has 0 N–H and O–H groups in total. The quantitative estimate of drug-likeness (QED) is 0.779. The summed E-state index contributed by atoms with van der Waals surface area (Å²) in [6.07, 6.45) is 2.47. The molecule has 0 unspecified atom stereocenters. The smallest absolute Gasteiger partial charge is 0.258 e. The molecule has 20 heavy (non-hydrogen) atoms. The standard InChI is InChI=1S/C15H12ClF2NO/c16-10-2-1-9-3-4-19(13(20)12(9)5-10)11-6-14(7-11)8-15(14,17)18/h1-5,11H,6-8H2. The Morgan fingerprint density at radius 2 is 1.95 bits per heavy atom. The van der Waals surface area contributed by atoms with E-state index in [-0.39, 0.29) is 18.0 Å². The zero-order valence-corrected chi connectivity index (χ0v) is 11.3. The first kappa shape index (κ1) is 12.3. The molecule has 0 atom stereocenters. The third-order valence-corrected chi connectivity index (χ3v) is 4.99. The van der Waals surface area contributed by atoms with Gasteiger partial charge in [0.05, 0.1) is 0 Å². The van der Waals surface area contributed by atoms with Crippen molar-refractivity contribution in [2.45, 2.75) is 31.2 Å². The van der Waals surface area contributed by atoms with E-state index in [1.807, 2.05) is 6.07 Å². The molecule has 2 saturated carbocycles. The Morgan fingerprint density at radius 1 is 1.25 bits per heavy atom. The third-order valence-electron chi connectivity index (χ3n) is 4.75. The number of hydrogen-bond donors (Lipinski definition) is 0. The van der Waals surface area contributed by atoms with Crippen molar-refractivity contribution in [1.82, 2.24) is 4.57 Å². The number of alkyl halides is 2. The fourth-order valence-corrected chi connectivity index (χ4v) is 3.55. The highest BCUT2D eigenvalue weighted by molar-refractivity contribution is 6.31. The van der Waals surface area contributed by atoms with E-state index < -0.39 is 11.3 Å². The zero-order chi connectivity index (χ0) is 14.1. The topological polar surface area (TPSA) is 22.0 Å². The fraction of sp³-hybridized carbons (Fsp3) is 0.400. The van der Waals surface area contributed by atoms with E-state index in [0.717, 1.165) is 5.39 Å². The van der Waals surface area contributed by atoms with E-state index in [4.69, 9.17) is 11.6 Å². The van der Waals surface area contributed by atoms with Crippen LogP contribution in [0.1, 0.15) is 25.3 Å². The van der Waals surface area contributed by atoms with Crippen molar-refractivity contribution in [2.24, 2.45) is 5.41 Å². The maximum atomic E-state index is 13.2. The molecule has 0 radical (unpaired) electrons. The molecule has 0 amide bonds. The van der Waals surface area contributed by atoms with Crippen LogP contribution < -0.4 is 5.56 Å². The summed E-state index contributed by atoms with van der Waals surface area (Å²) in [6, 6.07) is 6.88. The van der Waals surface area contributed by atoms with Crippen LogP contribution in [0.25, 0.3) is 10.8 Å². The number of pyridine rings is 1. The molecule has 104 valence electrons. The molecule has 0 aliphatic heterocycles. The number of benzene rings is 1. The Bertz CT molecular complexity index is 777. The van der Waals surface area contributed by atoms with Gasteiger partial charge < -0.3 is 4.57 Å². The van der Waals surface area contributed by atoms with Gasteiger partial charge in [0.2, 0.25) is 0 Å². The largest absolute Gasteiger partial charge is 0.312 e. The van der Waals surface area contributed by atoms with Crippen molar-refractivity contribution >= 4 is 22.4 Å². The van der Waals surface area contributed by atoms with Gasteiger partial charge in [0.1, 0.15) is 0 Å². The van der Waals surface area contributed by atoms with Gasteiger partial charge in [-0.05, 0) is 36.4 Å². The minimum atomic E-state index is -2.52. The lowest BCUT2D eigenvalue weighted by molar-refractivity contribution is 0.00502. The van der Waals surface area contributed by atoms with Crippen molar-refractivity contribution < 1.29 is 8.78 Å². The lowest BCUT2D eigenvalue weighted by Gasteiger charge is -2.37. The van der Waals surface area contributed by atoms with Gasteiger partial charge in [-0.2, -0.15) is 0 Å². The van der Waals surface area contributed by atoms with Crippen molar-refractivity contribution in [3.63, 3.8) is 0 Å². The predicted molar refractivity (Wildman–Crippen MR) is 73.5 cm³/mol. The van der Waals surface area contributed by atoms with Crippen LogP contribution in [0.4, 0.5) is 8.78 Å². The van der Waals surface area contributed by atoms with E-state index in [1.165, 1.54) is 0 Å². The average Bonchev–Trinajstić information content (AvgIpc) is 2.92. The third kappa shape index (κ3) is 1.51. The van der Waals surface area contributed by atoms with Crippen LogP contribution in [0, 0.1) is 5.41 Å². The zero-order valence-electron chi connectivity index (χ0n) is 10.6. The molecule has 2 nitrogen and oxygen atoms in total. The first-order valence-electron chi connectivity index (χ1n) is 6.60. The highest BCUT2D eigenvalue weighted by Gasteiger charge is 2.75. The molecule has 2 fully saturated rings. The Balaban J connectivity index is 1.72. The summed E-state index contributed by atoms with van der Waals surface area (Å²) in [5.74, 6) is -2.52. The highest BCUT2D eigenvalue weighted by atomic mass is 35.5. The van der Waals surface area contributed by atoms with Crippen LogP contribution in [0.15, 0.2) is 35.3 Å². The molecule has 2 aromatic rings. The van der Waals surface area contributed by atoms with Crippen molar-refractivity contribution in [2.75, 3.05) is 0 Å². The molecule has 2 aliphatic carbocycles. The second-order valence-corrected chi connectivity index (χ2v) is 6.42. The Hall–Kier alpha value is -1.42. The monoisotopic (exact) mass is 295 g/mol. The lowest BCUT2D eigenvalue weighted by atomic mass is 9.76. The first-order valence-corrected chi connectivity index (χ1v) is 6.98. The number of nitrogens with zero attached hydrogens (tertiary/aromatic N) is 1. The van der Waals surface area contributed by atoms with Gasteiger partial charge in [-0.3, -0.25) is 4.79 Å². The van der Waals surface area contributed by atoms with Crippen LogP contribution in [-0.2, 0) is 0 Å². The van der Waals surface area contributed by atoms with Crippen LogP contribution in [0.3, 0.4) is 0 Å². The maximum Gasteiger partial charge on any atom is 0.258 e. The normalized spacial score (nSPS) is 30.4. The van der Waals surface area contributed by atoms with Crippen LogP contribution in [-0.4, -0.2) is 10.5 Å². The van der Waals surface area contributed by atoms with Crippen LogP contribution in [0.5, 0.6) is 0 Å². The lowest BCUT2D eigenvalue weighted by Crippen LogP contribution is -2.37. The molecule has 5 heteroatoms. The predicted octanol–water partition coefficient (Wildman–Crippen LogP) is 4.02. The summed E-state index contributed by atoms with van der Waals surface area (Å²) < 4.78 is 28.0. The van der Waals surface area contributed by atoms with Gasteiger partial charge in [-0.15, -0.1) is 0 Å². The Kier molecular flexibility index (Phi) is 2.23. The number of rotatable bonds is 1. The fourth-order valence-electron chi connectivity index (χ4n) is 3.38. The molecule has 1 heterocycles. The number of hydrogen-bond acceptors (Lipinski definition) is 1. The summed E-state index contributed by atoms with van der Waals surface area (Å²) in [5.41, 5.74) is -0.964. The molecule has 0 bridgehead atoms. The Labute approximate surface area is 119 Å². The number of fused-ring (bicyclic) bond motifs is 1. The van der Waals surface area contributed by atoms with Gasteiger partial charge in [-0.1, -0.05) is 17.7 Å². The number of halogens is 3. The first-order chi connectivity index (χ1) is 9.42. The molecule has 2 aliphatic rings. The summed E-state index contributed by atoms with van der Waals surface area (Å²) in [7, 11) is 0. The van der Waals surface area contributed by atoms with E-state index >= 15 is 0 Å². The molecule has 1 aromatic heterocycles. The van der Waals surface area contributed by atoms with Gasteiger partial charge >= 0.3 is 0 Å². The van der Waals surface area contributed by atoms with Gasteiger partial charge in [0.25, 0.3) is 11.5 Å². The van der Waals surface area contributed by atoms with Gasteiger partial charge in [-0.25, -0.2) is 8.78 Å². The molecular weight excluding hydrogens is 284 g/mol. The van der Waals surface area contributed by atoms with Crippen molar-refractivity contribution in [3.8, 4) is 0 Å². The summed E-state index contributed by atoms with van der Waals surface area (Å²) in [5, 5.41) is 1.87. The van der Waals surface area contributed by atoms with E-state index in [2.05, 4.69) is 0 Å². The molecule has 1 spiro atoms. The molecule has 1 aromatic carbocycles. The van der Waals surface area contributed by atoms with E-state index in [0.29, 0.717) is 23.3 Å². The van der Waals surface area contributed by atoms with Gasteiger partial charge in [0, 0.05) is 34.5 Å². The minimum absolute atomic E-state index is 0.0232. The van der Waals surface area contributed by atoms with Crippen LogP contribution >= 0.6 is 11.6 Å². The van der Waals surface area contributed by atoms with Crippen molar-refractivity contribution in [3.05, 3.63) is 45.8 Å². The minimum Gasteiger partial charge on any atom is -0.312 e. The number of aromatic nitrogens is 1. The van der Waals surface area contributed by atoms with Gasteiger partial charge in [0.15, 0.2) is 0 Å². The highest BCUT2D eigenvalue weighted by Crippen LogP contribution is 2.73. The summed E-state index contributed by atoms with van der Waals surface area (Å²) >= 11 is 5.92. The van der Waals surface area contributed by atoms with E-state index in [9.17, 15) is 13.6 Å². The molecule has 0 saturated heterocycles. The maximum absolute atomic E-state index is 13.2. The summed E-state index contributed by atoms with van der Waals surface area (Å²) in [6.45, 7) is 0.